The van der Waals surface area contributed by atoms with E-state index < -0.39 is 0 Å². The molecule has 116 valence electrons. The number of hydrogen-bond donors (Lipinski definition) is 3. The van der Waals surface area contributed by atoms with E-state index in [1.807, 2.05) is 6.07 Å². The summed E-state index contributed by atoms with van der Waals surface area (Å²) in [6, 6.07) is 12.7. The molecular weight excluding hydrogens is 272 g/mol. The zero-order chi connectivity index (χ0) is 14.9. The average Bonchev–Trinajstić information content (AvgIpc) is 3.09. The maximum Gasteiger partial charge on any atom is 0.0650 e. The first-order valence-electron chi connectivity index (χ1n) is 8.41. The fourth-order valence-corrected chi connectivity index (χ4v) is 3.66. The normalized spacial score (nSPS) is 31.1. The Bertz CT molecular complexity index is 597. The van der Waals surface area contributed by atoms with Crippen LogP contribution in [0, 0.1) is 0 Å². The van der Waals surface area contributed by atoms with E-state index in [2.05, 4.69) is 39.8 Å². The molecule has 22 heavy (non-hydrogen) atoms. The second-order valence-electron chi connectivity index (χ2n) is 6.82. The summed E-state index contributed by atoms with van der Waals surface area (Å²) >= 11 is 0. The highest BCUT2D eigenvalue weighted by Gasteiger charge is 2.39. The minimum atomic E-state index is 0.433. The van der Waals surface area contributed by atoms with Gasteiger partial charge in [0.15, 0.2) is 0 Å². The summed E-state index contributed by atoms with van der Waals surface area (Å²) in [5.74, 6) is 0.686. The molecule has 0 saturated heterocycles. The van der Waals surface area contributed by atoms with Crippen LogP contribution in [0.25, 0.3) is 11.3 Å². The number of nitrogens with two attached hydrogens (primary N) is 1. The standard InChI is InChI=1S/C18H24N4/c19-14-5-7-15(8-6-14)21-18-11-16(18)12-1-3-13(4-2-12)17-9-10-20-22-17/h1-4,9-10,14-16,18,21H,5-8,11,19H2,(H,20,22). The van der Waals surface area contributed by atoms with Gasteiger partial charge < -0.3 is 11.1 Å². The predicted octanol–water partition coefficient (Wildman–Crippen LogP) is 2.79. The molecule has 4 nitrogen and oxygen atoms in total. The van der Waals surface area contributed by atoms with Crippen molar-refractivity contribution in [2.45, 2.75) is 56.1 Å². The first-order chi connectivity index (χ1) is 10.8. The van der Waals surface area contributed by atoms with Crippen molar-refractivity contribution in [1.29, 1.82) is 0 Å². The molecule has 1 aromatic carbocycles. The predicted molar refractivity (Wildman–Crippen MR) is 88.5 cm³/mol. The van der Waals surface area contributed by atoms with Crippen LogP contribution in [-0.2, 0) is 0 Å². The second-order valence-corrected chi connectivity index (χ2v) is 6.82. The number of nitrogens with one attached hydrogen (secondary N) is 2. The van der Waals surface area contributed by atoms with Crippen LogP contribution < -0.4 is 11.1 Å². The average molecular weight is 296 g/mol. The van der Waals surface area contributed by atoms with Crippen molar-refractivity contribution in [1.82, 2.24) is 15.5 Å². The highest BCUT2D eigenvalue weighted by Crippen LogP contribution is 2.42. The summed E-state index contributed by atoms with van der Waals surface area (Å²) in [4.78, 5) is 0. The molecule has 0 aliphatic heterocycles. The number of benzene rings is 1. The molecule has 4 heteroatoms. The van der Waals surface area contributed by atoms with Crippen molar-refractivity contribution in [2.24, 2.45) is 5.73 Å². The maximum absolute atomic E-state index is 5.98. The lowest BCUT2D eigenvalue weighted by Crippen LogP contribution is -2.38. The molecule has 2 aliphatic carbocycles. The van der Waals surface area contributed by atoms with Crippen LogP contribution in [0.15, 0.2) is 36.5 Å². The van der Waals surface area contributed by atoms with Crippen LogP contribution in [0.3, 0.4) is 0 Å². The van der Waals surface area contributed by atoms with Gasteiger partial charge >= 0.3 is 0 Å². The van der Waals surface area contributed by atoms with E-state index in [4.69, 9.17) is 5.73 Å². The smallest absolute Gasteiger partial charge is 0.0650 e. The summed E-state index contributed by atoms with van der Waals surface area (Å²) in [5.41, 5.74) is 9.71. The molecule has 4 N–H and O–H groups in total. The molecule has 0 bridgehead atoms. The fraction of sp³-hybridized carbons (Fsp3) is 0.500. The van der Waals surface area contributed by atoms with E-state index in [0.717, 1.165) is 5.69 Å². The van der Waals surface area contributed by atoms with Crippen LogP contribution in [-0.4, -0.2) is 28.3 Å². The summed E-state index contributed by atoms with van der Waals surface area (Å²) in [6.45, 7) is 0. The van der Waals surface area contributed by atoms with Crippen molar-refractivity contribution in [3.8, 4) is 11.3 Å². The summed E-state index contributed by atoms with van der Waals surface area (Å²) < 4.78 is 0. The van der Waals surface area contributed by atoms with Gasteiger partial charge in [0.2, 0.25) is 0 Å². The van der Waals surface area contributed by atoms with Gasteiger partial charge in [0.1, 0.15) is 0 Å². The van der Waals surface area contributed by atoms with Gasteiger partial charge in [0.05, 0.1) is 5.69 Å². The van der Waals surface area contributed by atoms with E-state index in [-0.39, 0.29) is 0 Å². The van der Waals surface area contributed by atoms with Crippen LogP contribution in [0.2, 0.25) is 0 Å². The number of nitrogens with zero attached hydrogens (tertiary/aromatic N) is 1. The van der Waals surface area contributed by atoms with E-state index in [9.17, 15) is 0 Å². The Kier molecular flexibility index (Phi) is 3.72. The van der Waals surface area contributed by atoms with E-state index >= 15 is 0 Å². The van der Waals surface area contributed by atoms with Gasteiger partial charge in [-0.2, -0.15) is 5.10 Å². The first-order valence-corrected chi connectivity index (χ1v) is 8.41. The molecule has 2 saturated carbocycles. The number of aromatic nitrogens is 2. The first kappa shape index (κ1) is 14.0. The monoisotopic (exact) mass is 296 g/mol. The van der Waals surface area contributed by atoms with Gasteiger partial charge in [-0.05, 0) is 49.3 Å². The largest absolute Gasteiger partial charge is 0.328 e. The molecule has 0 amide bonds. The third-order valence-corrected chi connectivity index (χ3v) is 5.16. The molecule has 2 aromatic rings. The van der Waals surface area contributed by atoms with Crippen molar-refractivity contribution in [3.05, 3.63) is 42.1 Å². The molecule has 4 rings (SSSR count). The topological polar surface area (TPSA) is 66.7 Å². The number of hydrogen-bond acceptors (Lipinski definition) is 3. The SMILES string of the molecule is NC1CCC(NC2CC2c2ccc(-c3ccn[nH]3)cc2)CC1. The number of aromatic amines is 1. The zero-order valence-corrected chi connectivity index (χ0v) is 12.8. The van der Waals surface area contributed by atoms with Gasteiger partial charge in [0, 0.05) is 30.2 Å². The number of rotatable bonds is 4. The fourth-order valence-electron chi connectivity index (χ4n) is 3.66. The molecule has 0 spiro atoms. The van der Waals surface area contributed by atoms with Crippen LogP contribution >= 0.6 is 0 Å². The third-order valence-electron chi connectivity index (χ3n) is 5.16. The number of H-pyrrole nitrogens is 1. The molecule has 2 unspecified atom stereocenters. The highest BCUT2D eigenvalue weighted by molar-refractivity contribution is 5.59. The Morgan fingerprint density at radius 1 is 1.05 bits per heavy atom. The van der Waals surface area contributed by atoms with Crippen molar-refractivity contribution < 1.29 is 0 Å². The Morgan fingerprint density at radius 2 is 1.82 bits per heavy atom. The lowest BCUT2D eigenvalue weighted by atomic mass is 9.92. The highest BCUT2D eigenvalue weighted by atomic mass is 15.1. The quantitative estimate of drug-likeness (QED) is 0.813. The third kappa shape index (κ3) is 2.94. The van der Waals surface area contributed by atoms with Gasteiger partial charge in [0.25, 0.3) is 0 Å². The van der Waals surface area contributed by atoms with Gasteiger partial charge in [-0.1, -0.05) is 24.3 Å². The molecule has 2 atom stereocenters. The van der Waals surface area contributed by atoms with Gasteiger partial charge in [-0.25, -0.2) is 0 Å². The minimum Gasteiger partial charge on any atom is -0.328 e. The second kappa shape index (κ2) is 5.86. The lowest BCUT2D eigenvalue weighted by molar-refractivity contribution is 0.339. The summed E-state index contributed by atoms with van der Waals surface area (Å²) in [7, 11) is 0. The van der Waals surface area contributed by atoms with E-state index in [0.29, 0.717) is 24.0 Å². The summed E-state index contributed by atoms with van der Waals surface area (Å²) in [6.07, 6.45) is 7.89. The van der Waals surface area contributed by atoms with Crippen LogP contribution in [0.1, 0.15) is 43.6 Å². The zero-order valence-electron chi connectivity index (χ0n) is 12.8. The van der Waals surface area contributed by atoms with Crippen LogP contribution in [0.4, 0.5) is 0 Å². The molecule has 1 aromatic heterocycles. The molecular formula is C18H24N4. The van der Waals surface area contributed by atoms with Crippen molar-refractivity contribution >= 4 is 0 Å². The van der Waals surface area contributed by atoms with Gasteiger partial charge in [-0.15, -0.1) is 0 Å². The van der Waals surface area contributed by atoms with Crippen molar-refractivity contribution in [3.63, 3.8) is 0 Å². The molecule has 2 fully saturated rings. The lowest BCUT2D eigenvalue weighted by Gasteiger charge is -2.27. The Labute approximate surface area is 131 Å². The van der Waals surface area contributed by atoms with Crippen LogP contribution in [0.5, 0.6) is 0 Å². The molecule has 2 aliphatic rings. The van der Waals surface area contributed by atoms with Crippen molar-refractivity contribution in [2.75, 3.05) is 0 Å². The molecule has 0 radical (unpaired) electrons. The minimum absolute atomic E-state index is 0.433. The van der Waals surface area contributed by atoms with E-state index in [1.165, 1.54) is 43.2 Å². The maximum atomic E-state index is 5.98. The van der Waals surface area contributed by atoms with Gasteiger partial charge in [-0.3, -0.25) is 5.10 Å². The summed E-state index contributed by atoms with van der Waals surface area (Å²) in [5, 5.41) is 10.9. The Hall–Kier alpha value is -1.65. The van der Waals surface area contributed by atoms with E-state index in [1.54, 1.807) is 6.20 Å². The Balaban J connectivity index is 1.34. The Morgan fingerprint density at radius 3 is 2.50 bits per heavy atom. The molecule has 1 heterocycles.